The molecule has 0 aliphatic heterocycles. The lowest BCUT2D eigenvalue weighted by Crippen LogP contribution is -2.52. The zero-order valence-electron chi connectivity index (χ0n) is 11.4. The molecule has 0 saturated heterocycles. The van der Waals surface area contributed by atoms with E-state index in [0.29, 0.717) is 11.2 Å². The van der Waals surface area contributed by atoms with Crippen molar-refractivity contribution in [2.45, 2.75) is 50.7 Å². The molecule has 0 unspecified atom stereocenters. The molecule has 1 aromatic carbocycles. The number of hydrogen-bond donors (Lipinski definition) is 3. The van der Waals surface area contributed by atoms with Gasteiger partial charge in [0, 0.05) is 12.1 Å². The van der Waals surface area contributed by atoms with E-state index in [2.05, 4.69) is 29.7 Å². The van der Waals surface area contributed by atoms with Crippen LogP contribution >= 0.6 is 12.2 Å². The van der Waals surface area contributed by atoms with E-state index in [1.807, 2.05) is 18.2 Å². The number of thiocarbonyl (C=S) groups is 1. The smallest absolute Gasteiger partial charge is 0.167 e. The summed E-state index contributed by atoms with van der Waals surface area (Å²) in [6.45, 7) is 2.12. The average molecular weight is 277 g/mol. The summed E-state index contributed by atoms with van der Waals surface area (Å²) in [7, 11) is 0. The van der Waals surface area contributed by atoms with E-state index >= 15 is 0 Å². The van der Waals surface area contributed by atoms with Gasteiger partial charge in [-0.1, -0.05) is 43.2 Å². The van der Waals surface area contributed by atoms with Crippen molar-refractivity contribution in [1.82, 2.24) is 10.6 Å². The standard InChI is InChI=1S/C15H23N3S/c1-11(12-7-3-2-4-8-12)17-15(19)18-14-10-6-5-9-13(14)16/h2-4,7-8,11,13-14H,5-6,9-10,16H2,1H3,(H2,17,18,19)/t11-,13+,14+/m1/s1. The Bertz CT molecular complexity index is 407. The van der Waals surface area contributed by atoms with Crippen LogP contribution in [0.25, 0.3) is 0 Å². The number of rotatable bonds is 3. The van der Waals surface area contributed by atoms with Crippen LogP contribution in [-0.2, 0) is 0 Å². The molecule has 0 amide bonds. The molecule has 0 radical (unpaired) electrons. The molecule has 0 bridgehead atoms. The van der Waals surface area contributed by atoms with E-state index in [1.165, 1.54) is 18.4 Å². The third-order valence-corrected chi connectivity index (χ3v) is 4.02. The van der Waals surface area contributed by atoms with E-state index in [4.69, 9.17) is 18.0 Å². The fourth-order valence-electron chi connectivity index (χ4n) is 2.57. The van der Waals surface area contributed by atoms with E-state index in [0.717, 1.165) is 12.8 Å². The summed E-state index contributed by atoms with van der Waals surface area (Å²) < 4.78 is 0. The van der Waals surface area contributed by atoms with Gasteiger partial charge in [0.2, 0.25) is 0 Å². The van der Waals surface area contributed by atoms with E-state index in [1.54, 1.807) is 0 Å². The molecule has 0 spiro atoms. The molecule has 3 nitrogen and oxygen atoms in total. The molecule has 1 aliphatic rings. The van der Waals surface area contributed by atoms with Gasteiger partial charge in [0.1, 0.15) is 0 Å². The van der Waals surface area contributed by atoms with Gasteiger partial charge in [-0.05, 0) is 37.5 Å². The minimum Gasteiger partial charge on any atom is -0.358 e. The van der Waals surface area contributed by atoms with Crippen LogP contribution in [0.1, 0.15) is 44.2 Å². The summed E-state index contributed by atoms with van der Waals surface area (Å²) in [5, 5.41) is 7.40. The van der Waals surface area contributed by atoms with Gasteiger partial charge in [0.25, 0.3) is 0 Å². The molecule has 19 heavy (non-hydrogen) atoms. The van der Waals surface area contributed by atoms with Gasteiger partial charge >= 0.3 is 0 Å². The van der Waals surface area contributed by atoms with Gasteiger partial charge in [0.15, 0.2) is 5.11 Å². The lowest BCUT2D eigenvalue weighted by atomic mass is 9.91. The van der Waals surface area contributed by atoms with Crippen molar-refractivity contribution in [3.63, 3.8) is 0 Å². The first-order chi connectivity index (χ1) is 9.16. The maximum atomic E-state index is 6.12. The number of benzene rings is 1. The van der Waals surface area contributed by atoms with Crippen molar-refractivity contribution in [1.29, 1.82) is 0 Å². The van der Waals surface area contributed by atoms with Crippen molar-refractivity contribution in [3.05, 3.63) is 35.9 Å². The Labute approximate surface area is 121 Å². The van der Waals surface area contributed by atoms with Crippen LogP contribution < -0.4 is 16.4 Å². The van der Waals surface area contributed by atoms with E-state index < -0.39 is 0 Å². The molecule has 0 heterocycles. The van der Waals surface area contributed by atoms with Crippen LogP contribution in [-0.4, -0.2) is 17.2 Å². The molecule has 104 valence electrons. The highest BCUT2D eigenvalue weighted by molar-refractivity contribution is 7.80. The summed E-state index contributed by atoms with van der Waals surface area (Å²) in [5.41, 5.74) is 7.36. The topological polar surface area (TPSA) is 50.1 Å². The van der Waals surface area contributed by atoms with Crippen molar-refractivity contribution < 1.29 is 0 Å². The fourth-order valence-corrected chi connectivity index (χ4v) is 2.90. The monoisotopic (exact) mass is 277 g/mol. The maximum Gasteiger partial charge on any atom is 0.167 e. The average Bonchev–Trinajstić information content (AvgIpc) is 2.42. The van der Waals surface area contributed by atoms with Gasteiger partial charge in [-0.25, -0.2) is 0 Å². The predicted octanol–water partition coefficient (Wildman–Crippen LogP) is 2.48. The van der Waals surface area contributed by atoms with Crippen LogP contribution in [0, 0.1) is 0 Å². The van der Waals surface area contributed by atoms with E-state index in [9.17, 15) is 0 Å². The van der Waals surface area contributed by atoms with Crippen molar-refractivity contribution in [2.24, 2.45) is 5.73 Å². The Kier molecular flexibility index (Phi) is 5.16. The quantitative estimate of drug-likeness (QED) is 0.743. The lowest BCUT2D eigenvalue weighted by Gasteiger charge is -2.31. The highest BCUT2D eigenvalue weighted by atomic mass is 32.1. The maximum absolute atomic E-state index is 6.12. The summed E-state index contributed by atoms with van der Waals surface area (Å²) in [6, 6.07) is 11.1. The molecule has 4 N–H and O–H groups in total. The zero-order valence-corrected chi connectivity index (χ0v) is 12.2. The van der Waals surface area contributed by atoms with Gasteiger partial charge < -0.3 is 16.4 Å². The Morgan fingerprint density at radius 1 is 1.26 bits per heavy atom. The molecule has 0 aromatic heterocycles. The predicted molar refractivity (Wildman–Crippen MR) is 84.0 cm³/mol. The highest BCUT2D eigenvalue weighted by Crippen LogP contribution is 2.17. The Hall–Kier alpha value is -1.13. The first kappa shape index (κ1) is 14.3. The first-order valence-corrected chi connectivity index (χ1v) is 7.45. The van der Waals surface area contributed by atoms with Crippen LogP contribution in [0.4, 0.5) is 0 Å². The van der Waals surface area contributed by atoms with Crippen LogP contribution in [0.3, 0.4) is 0 Å². The second-order valence-electron chi connectivity index (χ2n) is 5.30. The Balaban J connectivity index is 1.84. The minimum atomic E-state index is 0.209. The lowest BCUT2D eigenvalue weighted by molar-refractivity contribution is 0.358. The molecular formula is C15H23N3S. The molecule has 1 saturated carbocycles. The molecule has 1 aromatic rings. The molecule has 4 heteroatoms. The molecule has 3 atom stereocenters. The number of hydrogen-bond acceptors (Lipinski definition) is 2. The third-order valence-electron chi connectivity index (χ3n) is 3.78. The summed E-state index contributed by atoms with van der Waals surface area (Å²) in [5.74, 6) is 0. The molecule has 1 aliphatic carbocycles. The van der Waals surface area contributed by atoms with Crippen molar-refractivity contribution in [2.75, 3.05) is 0 Å². The van der Waals surface area contributed by atoms with Gasteiger partial charge in [-0.3, -0.25) is 0 Å². The van der Waals surface area contributed by atoms with Crippen molar-refractivity contribution >= 4 is 17.3 Å². The first-order valence-electron chi connectivity index (χ1n) is 7.04. The second-order valence-corrected chi connectivity index (χ2v) is 5.71. The summed E-state index contributed by atoms with van der Waals surface area (Å²) >= 11 is 5.39. The Morgan fingerprint density at radius 2 is 1.95 bits per heavy atom. The van der Waals surface area contributed by atoms with Gasteiger partial charge in [-0.2, -0.15) is 0 Å². The molecule has 1 fully saturated rings. The summed E-state index contributed by atoms with van der Waals surface area (Å²) in [4.78, 5) is 0. The summed E-state index contributed by atoms with van der Waals surface area (Å²) in [6.07, 6.45) is 4.68. The molecular weight excluding hydrogens is 254 g/mol. The number of nitrogens with two attached hydrogens (primary N) is 1. The normalized spacial score (nSPS) is 24.5. The van der Waals surface area contributed by atoms with Gasteiger partial charge in [0.05, 0.1) is 6.04 Å². The van der Waals surface area contributed by atoms with Gasteiger partial charge in [-0.15, -0.1) is 0 Å². The van der Waals surface area contributed by atoms with Crippen molar-refractivity contribution in [3.8, 4) is 0 Å². The second kappa shape index (κ2) is 6.87. The van der Waals surface area contributed by atoms with Crippen LogP contribution in [0.2, 0.25) is 0 Å². The zero-order chi connectivity index (χ0) is 13.7. The van der Waals surface area contributed by atoms with Crippen LogP contribution in [0.15, 0.2) is 30.3 Å². The third kappa shape index (κ3) is 4.18. The largest absolute Gasteiger partial charge is 0.358 e. The minimum absolute atomic E-state index is 0.209. The van der Waals surface area contributed by atoms with Crippen LogP contribution in [0.5, 0.6) is 0 Å². The highest BCUT2D eigenvalue weighted by Gasteiger charge is 2.22. The number of nitrogens with one attached hydrogen (secondary N) is 2. The molecule has 2 rings (SSSR count). The van der Waals surface area contributed by atoms with E-state index in [-0.39, 0.29) is 12.1 Å². The SMILES string of the molecule is C[C@@H](NC(=S)N[C@H]1CCCC[C@@H]1N)c1ccccc1. The Morgan fingerprint density at radius 3 is 2.63 bits per heavy atom. The fraction of sp³-hybridized carbons (Fsp3) is 0.533.